The zero-order chi connectivity index (χ0) is 14.2. The summed E-state index contributed by atoms with van der Waals surface area (Å²) in [6, 6.07) is 4.26. The molecule has 4 heterocycles. The summed E-state index contributed by atoms with van der Waals surface area (Å²) in [5.74, 6) is 0.413. The number of nitrogens with zero attached hydrogens (tertiary/aromatic N) is 3. The van der Waals surface area contributed by atoms with Gasteiger partial charge in [0.15, 0.2) is 0 Å². The highest BCUT2D eigenvalue weighted by Crippen LogP contribution is 2.26. The minimum Gasteiger partial charge on any atom is -0.312 e. The molecule has 0 spiro atoms. The number of hydrogen-bond acceptors (Lipinski definition) is 5. The predicted molar refractivity (Wildman–Crippen MR) is 81.7 cm³/mol. The van der Waals surface area contributed by atoms with E-state index in [4.69, 9.17) is 0 Å². The van der Waals surface area contributed by atoms with Gasteiger partial charge in [-0.05, 0) is 17.5 Å². The highest BCUT2D eigenvalue weighted by molar-refractivity contribution is 7.17. The fraction of sp³-hybridized carbons (Fsp3) is 0.214. The number of nitrogens with one attached hydrogen (secondary N) is 2. The lowest BCUT2D eigenvalue weighted by molar-refractivity contribution is 0.102. The van der Waals surface area contributed by atoms with Crippen LogP contribution in [0.3, 0.4) is 0 Å². The van der Waals surface area contributed by atoms with Gasteiger partial charge in [-0.3, -0.25) is 9.48 Å². The number of anilines is 1. The smallest absolute Gasteiger partial charge is 0.260 e. The first-order chi connectivity index (χ1) is 10.3. The molecule has 21 heavy (non-hydrogen) atoms. The monoisotopic (exact) mass is 299 g/mol. The zero-order valence-corrected chi connectivity index (χ0v) is 11.9. The van der Waals surface area contributed by atoms with E-state index in [2.05, 4.69) is 20.7 Å². The maximum Gasteiger partial charge on any atom is 0.260 e. The molecule has 106 valence electrons. The Hall–Kier alpha value is -2.25. The van der Waals surface area contributed by atoms with Gasteiger partial charge in [-0.2, -0.15) is 5.10 Å². The van der Waals surface area contributed by atoms with Crippen molar-refractivity contribution in [3.63, 3.8) is 0 Å². The summed E-state index contributed by atoms with van der Waals surface area (Å²) in [6.07, 6.45) is 5.09. The lowest BCUT2D eigenvalue weighted by Gasteiger charge is -2.27. The van der Waals surface area contributed by atoms with Crippen molar-refractivity contribution in [3.8, 4) is 0 Å². The number of pyridine rings is 1. The van der Waals surface area contributed by atoms with Crippen LogP contribution < -0.4 is 10.6 Å². The van der Waals surface area contributed by atoms with E-state index in [-0.39, 0.29) is 5.91 Å². The molecule has 0 radical (unpaired) electrons. The Labute approximate surface area is 124 Å². The van der Waals surface area contributed by atoms with Gasteiger partial charge in [0.1, 0.15) is 5.82 Å². The number of carbonyl (C=O) groups is 1. The van der Waals surface area contributed by atoms with Gasteiger partial charge in [-0.1, -0.05) is 0 Å². The molecule has 1 aliphatic heterocycles. The molecule has 4 rings (SSSR count). The summed E-state index contributed by atoms with van der Waals surface area (Å²) in [5, 5.41) is 13.3. The lowest BCUT2D eigenvalue weighted by atomic mass is 10.2. The van der Waals surface area contributed by atoms with Gasteiger partial charge in [0.05, 0.1) is 17.8 Å². The second-order valence-corrected chi connectivity index (χ2v) is 5.91. The summed E-state index contributed by atoms with van der Waals surface area (Å²) < 4.78 is 2.95. The summed E-state index contributed by atoms with van der Waals surface area (Å²) in [6.45, 7) is 1.80. The first kappa shape index (κ1) is 12.5. The van der Waals surface area contributed by atoms with Gasteiger partial charge in [-0.25, -0.2) is 4.98 Å². The van der Waals surface area contributed by atoms with Crippen molar-refractivity contribution in [2.24, 2.45) is 0 Å². The van der Waals surface area contributed by atoms with E-state index in [1.165, 1.54) is 0 Å². The van der Waals surface area contributed by atoms with Crippen LogP contribution in [-0.4, -0.2) is 33.8 Å². The second-order valence-electron chi connectivity index (χ2n) is 4.97. The molecule has 3 aromatic rings. The number of thiophene rings is 1. The van der Waals surface area contributed by atoms with E-state index in [1.54, 1.807) is 29.9 Å². The first-order valence-electron chi connectivity index (χ1n) is 6.70. The van der Waals surface area contributed by atoms with Crippen LogP contribution in [-0.2, 0) is 0 Å². The average Bonchev–Trinajstić information content (AvgIpc) is 3.05. The van der Waals surface area contributed by atoms with E-state index in [1.807, 2.05) is 22.2 Å². The van der Waals surface area contributed by atoms with E-state index in [0.29, 0.717) is 17.4 Å². The molecule has 1 fully saturated rings. The highest BCUT2D eigenvalue weighted by Gasteiger charge is 2.21. The molecule has 3 aromatic heterocycles. The minimum absolute atomic E-state index is 0.181. The molecule has 1 aliphatic rings. The molecular weight excluding hydrogens is 286 g/mol. The molecule has 6 nitrogen and oxygen atoms in total. The van der Waals surface area contributed by atoms with Gasteiger partial charge in [0.25, 0.3) is 5.91 Å². The van der Waals surface area contributed by atoms with Crippen molar-refractivity contribution in [1.82, 2.24) is 20.1 Å². The molecule has 0 unspecified atom stereocenters. The summed E-state index contributed by atoms with van der Waals surface area (Å²) >= 11 is 1.63. The molecule has 0 bridgehead atoms. The second kappa shape index (κ2) is 4.94. The van der Waals surface area contributed by atoms with Crippen molar-refractivity contribution in [2.75, 3.05) is 18.4 Å². The molecule has 0 aromatic carbocycles. The number of hydrogen-bond donors (Lipinski definition) is 2. The maximum atomic E-state index is 12.3. The number of carbonyl (C=O) groups excluding carboxylic acids is 1. The summed E-state index contributed by atoms with van der Waals surface area (Å²) in [5.41, 5.74) is 0.552. The molecule has 2 N–H and O–H groups in total. The third-order valence-corrected chi connectivity index (χ3v) is 4.49. The Morgan fingerprint density at radius 3 is 3.14 bits per heavy atom. The Balaban J connectivity index is 1.57. The van der Waals surface area contributed by atoms with Gasteiger partial charge in [-0.15, -0.1) is 11.3 Å². The Morgan fingerprint density at radius 1 is 1.43 bits per heavy atom. The predicted octanol–water partition coefficient (Wildman–Crippen LogP) is 1.89. The number of fused-ring (bicyclic) bond motifs is 1. The Bertz CT molecular complexity index is 804. The van der Waals surface area contributed by atoms with Gasteiger partial charge in [0, 0.05) is 35.6 Å². The topological polar surface area (TPSA) is 71.8 Å². The number of aromatic nitrogens is 3. The summed E-state index contributed by atoms with van der Waals surface area (Å²) in [4.78, 5) is 16.6. The Kier molecular flexibility index (Phi) is 2.94. The Morgan fingerprint density at radius 2 is 2.33 bits per heavy atom. The molecule has 0 aliphatic carbocycles. The van der Waals surface area contributed by atoms with Crippen molar-refractivity contribution >= 4 is 33.1 Å². The largest absolute Gasteiger partial charge is 0.312 e. The van der Waals surface area contributed by atoms with Crippen LogP contribution in [0.1, 0.15) is 16.4 Å². The summed E-state index contributed by atoms with van der Waals surface area (Å²) in [7, 11) is 0. The number of rotatable bonds is 3. The van der Waals surface area contributed by atoms with Crippen LogP contribution in [0, 0.1) is 0 Å². The standard InChI is InChI=1S/C14H13N5OS/c20-14(9-5-17-19(8-9)10-6-15-7-10)18-13-11-2-4-21-12(11)1-3-16-13/h1-5,8,10,15H,6-7H2,(H,16,18,20). The third kappa shape index (κ3) is 2.20. The van der Waals surface area contributed by atoms with Crippen LogP contribution in [0.4, 0.5) is 5.82 Å². The van der Waals surface area contributed by atoms with E-state index in [9.17, 15) is 4.79 Å². The molecule has 0 atom stereocenters. The highest BCUT2D eigenvalue weighted by atomic mass is 32.1. The molecule has 1 amide bonds. The fourth-order valence-electron chi connectivity index (χ4n) is 2.29. The van der Waals surface area contributed by atoms with E-state index < -0.39 is 0 Å². The van der Waals surface area contributed by atoms with Crippen LogP contribution in [0.5, 0.6) is 0 Å². The van der Waals surface area contributed by atoms with Gasteiger partial charge < -0.3 is 10.6 Å². The van der Waals surface area contributed by atoms with Crippen molar-refractivity contribution < 1.29 is 4.79 Å². The van der Waals surface area contributed by atoms with Gasteiger partial charge in [0.2, 0.25) is 0 Å². The third-order valence-electron chi connectivity index (χ3n) is 3.61. The van der Waals surface area contributed by atoms with Crippen molar-refractivity contribution in [2.45, 2.75) is 6.04 Å². The molecule has 0 saturated carbocycles. The van der Waals surface area contributed by atoms with Gasteiger partial charge >= 0.3 is 0 Å². The first-order valence-corrected chi connectivity index (χ1v) is 7.57. The normalized spacial score (nSPS) is 15.0. The van der Waals surface area contributed by atoms with Crippen LogP contribution >= 0.6 is 11.3 Å². The maximum absolute atomic E-state index is 12.3. The minimum atomic E-state index is -0.181. The van der Waals surface area contributed by atoms with Crippen LogP contribution in [0.15, 0.2) is 36.1 Å². The SMILES string of the molecule is O=C(Nc1nccc2sccc12)c1cnn(C2CNC2)c1. The fourth-order valence-corrected chi connectivity index (χ4v) is 3.07. The van der Waals surface area contributed by atoms with Crippen LogP contribution in [0.2, 0.25) is 0 Å². The lowest BCUT2D eigenvalue weighted by Crippen LogP contribution is -2.43. The number of amides is 1. The van der Waals surface area contributed by atoms with Crippen molar-refractivity contribution in [3.05, 3.63) is 41.7 Å². The van der Waals surface area contributed by atoms with Crippen molar-refractivity contribution in [1.29, 1.82) is 0 Å². The quantitative estimate of drug-likeness (QED) is 0.774. The van der Waals surface area contributed by atoms with E-state index in [0.717, 1.165) is 23.2 Å². The van der Waals surface area contributed by atoms with E-state index >= 15 is 0 Å². The van der Waals surface area contributed by atoms with Crippen LogP contribution in [0.25, 0.3) is 10.1 Å². The molecular formula is C14H13N5OS. The molecule has 7 heteroatoms. The molecule has 1 saturated heterocycles. The zero-order valence-electron chi connectivity index (χ0n) is 11.1. The average molecular weight is 299 g/mol.